The van der Waals surface area contributed by atoms with Gasteiger partial charge in [-0.25, -0.2) is 5.84 Å². The molecule has 106 valence electrons. The molecule has 2 rings (SSSR count). The van der Waals surface area contributed by atoms with E-state index in [1.54, 1.807) is 0 Å². The lowest BCUT2D eigenvalue weighted by molar-refractivity contribution is 0.0852. The highest BCUT2D eigenvalue weighted by molar-refractivity contribution is 5.44. The average Bonchev–Trinajstić information content (AvgIpc) is 2.46. The monoisotopic (exact) mass is 267 g/mol. The van der Waals surface area contributed by atoms with Crippen molar-refractivity contribution < 1.29 is 4.74 Å². The number of nitrogen functional groups attached to an aromatic ring is 1. The first-order chi connectivity index (χ1) is 9.11. The van der Waals surface area contributed by atoms with Crippen LogP contribution in [0.25, 0.3) is 0 Å². The summed E-state index contributed by atoms with van der Waals surface area (Å²) >= 11 is 0. The van der Waals surface area contributed by atoms with Gasteiger partial charge in [0.05, 0.1) is 0 Å². The van der Waals surface area contributed by atoms with Crippen LogP contribution in [0.4, 0.5) is 17.8 Å². The molecular formula is C11H21N7O. The van der Waals surface area contributed by atoms with Gasteiger partial charge in [-0.15, -0.1) is 0 Å². The Morgan fingerprint density at radius 2 is 1.74 bits per heavy atom. The summed E-state index contributed by atoms with van der Waals surface area (Å²) in [6.45, 7) is 1.56. The molecule has 0 spiro atoms. The largest absolute Gasteiger partial charge is 0.381 e. The number of nitrogens with zero attached hydrogens (tertiary/aromatic N) is 5. The Balaban J connectivity index is 2.24. The van der Waals surface area contributed by atoms with E-state index in [1.165, 1.54) is 0 Å². The quantitative estimate of drug-likeness (QED) is 0.574. The molecule has 0 unspecified atom stereocenters. The van der Waals surface area contributed by atoms with Gasteiger partial charge in [0.25, 0.3) is 0 Å². The molecule has 1 fully saturated rings. The van der Waals surface area contributed by atoms with Crippen molar-refractivity contribution in [2.45, 2.75) is 18.9 Å². The highest BCUT2D eigenvalue weighted by atomic mass is 16.5. The number of nitrogens with two attached hydrogens (primary N) is 1. The third-order valence-corrected chi connectivity index (χ3v) is 3.19. The second-order valence-electron chi connectivity index (χ2n) is 4.75. The molecule has 0 aliphatic carbocycles. The Labute approximate surface area is 112 Å². The topological polar surface area (TPSA) is 92.4 Å². The van der Waals surface area contributed by atoms with Crippen molar-refractivity contribution in [3.63, 3.8) is 0 Å². The molecule has 1 aromatic rings. The van der Waals surface area contributed by atoms with Gasteiger partial charge < -0.3 is 14.5 Å². The minimum Gasteiger partial charge on any atom is -0.381 e. The maximum Gasteiger partial charge on any atom is 0.243 e. The molecule has 0 aromatic carbocycles. The molecule has 1 aliphatic rings. The molecule has 3 N–H and O–H groups in total. The standard InChI is InChI=1S/C11H21N7O/c1-17(2)10-13-9(16-12)14-11(15-10)18(3)8-4-6-19-7-5-8/h8H,4-7,12H2,1-3H3,(H,13,14,15,16). The lowest BCUT2D eigenvalue weighted by atomic mass is 10.1. The highest BCUT2D eigenvalue weighted by Gasteiger charge is 2.21. The van der Waals surface area contributed by atoms with Crippen molar-refractivity contribution in [2.75, 3.05) is 49.6 Å². The normalized spacial score (nSPS) is 16.2. The zero-order chi connectivity index (χ0) is 13.8. The lowest BCUT2D eigenvalue weighted by Gasteiger charge is -2.31. The number of aromatic nitrogens is 3. The fourth-order valence-corrected chi connectivity index (χ4v) is 2.01. The highest BCUT2D eigenvalue weighted by Crippen LogP contribution is 2.20. The van der Waals surface area contributed by atoms with Crippen LogP contribution >= 0.6 is 0 Å². The number of hydrogen-bond acceptors (Lipinski definition) is 8. The van der Waals surface area contributed by atoms with Crippen molar-refractivity contribution >= 4 is 17.8 Å². The summed E-state index contributed by atoms with van der Waals surface area (Å²) in [6, 6.07) is 0.386. The van der Waals surface area contributed by atoms with E-state index >= 15 is 0 Å². The summed E-state index contributed by atoms with van der Waals surface area (Å²) in [6.07, 6.45) is 1.95. The summed E-state index contributed by atoms with van der Waals surface area (Å²) in [5.41, 5.74) is 2.48. The van der Waals surface area contributed by atoms with Gasteiger partial charge in [0.15, 0.2) is 0 Å². The molecule has 1 aliphatic heterocycles. The first-order valence-electron chi connectivity index (χ1n) is 6.32. The van der Waals surface area contributed by atoms with Crippen molar-refractivity contribution in [1.29, 1.82) is 0 Å². The van der Waals surface area contributed by atoms with Crippen molar-refractivity contribution in [1.82, 2.24) is 15.0 Å². The number of ether oxygens (including phenoxy) is 1. The molecule has 0 amide bonds. The summed E-state index contributed by atoms with van der Waals surface area (Å²) in [5.74, 6) is 6.98. The number of rotatable bonds is 4. The molecule has 8 nitrogen and oxygen atoms in total. The van der Waals surface area contributed by atoms with Crippen molar-refractivity contribution in [3.05, 3.63) is 0 Å². The third-order valence-electron chi connectivity index (χ3n) is 3.19. The van der Waals surface area contributed by atoms with Crippen LogP contribution in [0.1, 0.15) is 12.8 Å². The molecule has 0 radical (unpaired) electrons. The Hall–Kier alpha value is -1.67. The second-order valence-corrected chi connectivity index (χ2v) is 4.75. The maximum absolute atomic E-state index is 5.41. The Morgan fingerprint density at radius 3 is 2.32 bits per heavy atom. The fourth-order valence-electron chi connectivity index (χ4n) is 2.01. The van der Waals surface area contributed by atoms with Gasteiger partial charge in [-0.05, 0) is 12.8 Å². The van der Waals surface area contributed by atoms with E-state index in [2.05, 4.69) is 25.3 Å². The van der Waals surface area contributed by atoms with Crippen molar-refractivity contribution in [3.8, 4) is 0 Å². The van der Waals surface area contributed by atoms with Crippen LogP contribution in [-0.2, 0) is 4.74 Å². The smallest absolute Gasteiger partial charge is 0.243 e. The summed E-state index contributed by atoms with van der Waals surface area (Å²) < 4.78 is 5.37. The van der Waals surface area contributed by atoms with Crippen LogP contribution in [0.3, 0.4) is 0 Å². The molecule has 1 saturated heterocycles. The van der Waals surface area contributed by atoms with Crippen LogP contribution in [0.15, 0.2) is 0 Å². The molecule has 0 saturated carbocycles. The zero-order valence-corrected chi connectivity index (χ0v) is 11.6. The van der Waals surface area contributed by atoms with Gasteiger partial charge in [0.1, 0.15) is 0 Å². The minimum atomic E-state index is 0.368. The number of hydrogen-bond donors (Lipinski definition) is 2. The van der Waals surface area contributed by atoms with E-state index in [9.17, 15) is 0 Å². The molecule has 0 bridgehead atoms. The molecule has 0 atom stereocenters. The fraction of sp³-hybridized carbons (Fsp3) is 0.727. The number of anilines is 3. The summed E-state index contributed by atoms with van der Waals surface area (Å²) in [7, 11) is 5.76. The van der Waals surface area contributed by atoms with E-state index in [0.29, 0.717) is 23.9 Å². The van der Waals surface area contributed by atoms with Gasteiger partial charge >= 0.3 is 0 Å². The second kappa shape index (κ2) is 5.98. The third kappa shape index (κ3) is 3.21. The maximum atomic E-state index is 5.41. The first-order valence-corrected chi connectivity index (χ1v) is 6.32. The van der Waals surface area contributed by atoms with Gasteiger partial charge in [-0.2, -0.15) is 15.0 Å². The summed E-state index contributed by atoms with van der Waals surface area (Å²) in [4.78, 5) is 16.8. The Bertz CT molecular complexity index is 420. The molecular weight excluding hydrogens is 246 g/mol. The average molecular weight is 267 g/mol. The van der Waals surface area contributed by atoms with Gasteiger partial charge in [-0.3, -0.25) is 5.43 Å². The van der Waals surface area contributed by atoms with Crippen LogP contribution in [0.2, 0.25) is 0 Å². The van der Waals surface area contributed by atoms with E-state index in [1.807, 2.05) is 26.0 Å². The molecule has 19 heavy (non-hydrogen) atoms. The predicted octanol–water partition coefficient (Wildman–Crippen LogP) is -0.162. The van der Waals surface area contributed by atoms with E-state index in [4.69, 9.17) is 10.6 Å². The first kappa shape index (κ1) is 13.8. The number of nitrogens with one attached hydrogen (secondary N) is 1. The minimum absolute atomic E-state index is 0.368. The van der Waals surface area contributed by atoms with E-state index in [0.717, 1.165) is 26.1 Å². The van der Waals surface area contributed by atoms with Gasteiger partial charge in [0.2, 0.25) is 17.8 Å². The van der Waals surface area contributed by atoms with Crippen LogP contribution in [0, 0.1) is 0 Å². The predicted molar refractivity (Wildman–Crippen MR) is 74.2 cm³/mol. The zero-order valence-electron chi connectivity index (χ0n) is 11.6. The molecule has 2 heterocycles. The van der Waals surface area contributed by atoms with Crippen LogP contribution < -0.4 is 21.1 Å². The van der Waals surface area contributed by atoms with E-state index in [-0.39, 0.29) is 0 Å². The SMILES string of the molecule is CN(C)c1nc(NN)nc(N(C)C2CCOCC2)n1. The van der Waals surface area contributed by atoms with Gasteiger partial charge in [0, 0.05) is 40.4 Å². The Kier molecular flexibility index (Phi) is 4.33. The molecule has 8 heteroatoms. The van der Waals surface area contributed by atoms with E-state index < -0.39 is 0 Å². The Morgan fingerprint density at radius 1 is 1.11 bits per heavy atom. The van der Waals surface area contributed by atoms with Crippen LogP contribution in [-0.4, -0.2) is 55.4 Å². The van der Waals surface area contributed by atoms with Gasteiger partial charge in [-0.1, -0.05) is 0 Å². The summed E-state index contributed by atoms with van der Waals surface area (Å²) in [5, 5.41) is 0. The molecule has 1 aromatic heterocycles. The van der Waals surface area contributed by atoms with Crippen molar-refractivity contribution in [2.24, 2.45) is 5.84 Å². The van der Waals surface area contributed by atoms with Crippen LogP contribution in [0.5, 0.6) is 0 Å². The lowest BCUT2D eigenvalue weighted by Crippen LogP contribution is -2.38. The number of hydrazine groups is 1.